The fraction of sp³-hybridized carbons (Fsp3) is 0.913. The van der Waals surface area contributed by atoms with Crippen LogP contribution in [0, 0.1) is 5.41 Å². The van der Waals surface area contributed by atoms with Crippen LogP contribution in [0.2, 0.25) is 0 Å². The predicted octanol–water partition coefficient (Wildman–Crippen LogP) is 0.747. The van der Waals surface area contributed by atoms with Crippen molar-refractivity contribution in [2.24, 2.45) is 5.41 Å². The summed E-state index contributed by atoms with van der Waals surface area (Å²) in [6.45, 7) is 4.17. The molecule has 1 heterocycles. The van der Waals surface area contributed by atoms with Crippen LogP contribution < -0.4 is 21.3 Å². The van der Waals surface area contributed by atoms with Crippen LogP contribution >= 0.6 is 11.6 Å². The van der Waals surface area contributed by atoms with E-state index in [0.717, 1.165) is 13.1 Å². The number of nitrogens with one attached hydrogen (secondary N) is 4. The Balaban J connectivity index is 1.23. The number of carbonyl (C=O) groups is 2. The van der Waals surface area contributed by atoms with Crippen molar-refractivity contribution in [2.75, 3.05) is 26.2 Å². The minimum Gasteiger partial charge on any atom is -0.392 e. The van der Waals surface area contributed by atoms with E-state index in [9.17, 15) is 19.1 Å². The van der Waals surface area contributed by atoms with Gasteiger partial charge in [0.25, 0.3) is 0 Å². The average molecular weight is 489 g/mol. The molecule has 10 heteroatoms. The maximum Gasteiger partial charge on any atom is 0.246 e. The normalized spacial score (nSPS) is 43.2. The number of hydrogen-bond acceptors (Lipinski definition) is 6. The van der Waals surface area contributed by atoms with E-state index in [1.807, 2.05) is 0 Å². The summed E-state index contributed by atoms with van der Waals surface area (Å²) < 4.78 is 19.4. The van der Waals surface area contributed by atoms with E-state index in [4.69, 9.17) is 16.3 Å². The van der Waals surface area contributed by atoms with Gasteiger partial charge in [-0.3, -0.25) is 9.59 Å². The first-order valence-electron chi connectivity index (χ1n) is 12.4. The van der Waals surface area contributed by atoms with Gasteiger partial charge in [-0.1, -0.05) is 0 Å². The summed E-state index contributed by atoms with van der Waals surface area (Å²) >= 11 is 5.91. The van der Waals surface area contributed by atoms with Crippen LogP contribution in [-0.4, -0.2) is 84.5 Å². The van der Waals surface area contributed by atoms with Gasteiger partial charge in [0.1, 0.15) is 12.8 Å². The highest BCUT2D eigenvalue weighted by molar-refractivity contribution is 6.21. The zero-order chi connectivity index (χ0) is 23.6. The topological polar surface area (TPSA) is 112 Å². The summed E-state index contributed by atoms with van der Waals surface area (Å²) in [4.78, 5) is 25.7. The maximum atomic E-state index is 13.8. The van der Waals surface area contributed by atoms with Crippen LogP contribution in [-0.2, 0) is 14.3 Å². The summed E-state index contributed by atoms with van der Waals surface area (Å²) in [7, 11) is 0. The lowest BCUT2D eigenvalue weighted by atomic mass is 9.55. The minimum absolute atomic E-state index is 0.0888. The molecule has 0 aromatic carbocycles. The van der Waals surface area contributed by atoms with Crippen LogP contribution in [0.25, 0.3) is 0 Å². The van der Waals surface area contributed by atoms with Crippen LogP contribution in [0.4, 0.5) is 4.39 Å². The SMILES string of the molecule is CC1CNC(CNC(=O)C23CCC(NC(=O)COC4CCC(Cl)C(F)C4)(CC2)CC3O)CN1. The van der Waals surface area contributed by atoms with Crippen molar-refractivity contribution in [3.8, 4) is 0 Å². The molecule has 0 aromatic rings. The second-order valence-corrected chi connectivity index (χ2v) is 11.2. The smallest absolute Gasteiger partial charge is 0.246 e. The Morgan fingerprint density at radius 2 is 1.94 bits per heavy atom. The molecule has 6 atom stereocenters. The van der Waals surface area contributed by atoms with Crippen molar-refractivity contribution in [2.45, 2.75) is 99.7 Å². The molecule has 6 unspecified atom stereocenters. The van der Waals surface area contributed by atoms with E-state index in [-0.39, 0.29) is 37.0 Å². The van der Waals surface area contributed by atoms with Crippen molar-refractivity contribution in [3.05, 3.63) is 0 Å². The molecule has 5 rings (SSSR count). The number of aliphatic hydroxyl groups is 1. The fourth-order valence-electron chi connectivity index (χ4n) is 5.92. The Kier molecular flexibility index (Phi) is 7.85. The van der Waals surface area contributed by atoms with Gasteiger partial charge in [-0.25, -0.2) is 4.39 Å². The molecule has 4 saturated carbocycles. The van der Waals surface area contributed by atoms with Crippen molar-refractivity contribution in [3.63, 3.8) is 0 Å². The highest BCUT2D eigenvalue weighted by Crippen LogP contribution is 2.52. The average Bonchev–Trinajstić information content (AvgIpc) is 2.80. The zero-order valence-electron chi connectivity index (χ0n) is 19.4. The second-order valence-electron chi connectivity index (χ2n) is 10.6. The molecule has 8 nitrogen and oxygen atoms in total. The fourth-order valence-corrected chi connectivity index (χ4v) is 6.15. The number of rotatable bonds is 7. The Labute approximate surface area is 200 Å². The lowest BCUT2D eigenvalue weighted by Crippen LogP contribution is -2.66. The third kappa shape index (κ3) is 5.64. The van der Waals surface area contributed by atoms with E-state index in [0.29, 0.717) is 57.5 Å². The van der Waals surface area contributed by atoms with Gasteiger partial charge in [0.2, 0.25) is 11.8 Å². The molecule has 2 amide bonds. The predicted molar refractivity (Wildman–Crippen MR) is 123 cm³/mol. The molecule has 2 bridgehead atoms. The number of fused-ring (bicyclic) bond motifs is 3. The van der Waals surface area contributed by atoms with Crippen LogP contribution in [0.5, 0.6) is 0 Å². The van der Waals surface area contributed by atoms with Crippen LogP contribution in [0.3, 0.4) is 0 Å². The zero-order valence-corrected chi connectivity index (χ0v) is 20.1. The number of carbonyl (C=O) groups excluding carboxylic acids is 2. The molecule has 5 N–H and O–H groups in total. The van der Waals surface area contributed by atoms with E-state index in [1.165, 1.54) is 0 Å². The second kappa shape index (κ2) is 10.3. The summed E-state index contributed by atoms with van der Waals surface area (Å²) in [5.41, 5.74) is -1.29. The quantitative estimate of drug-likeness (QED) is 0.338. The Morgan fingerprint density at radius 1 is 1.18 bits per heavy atom. The number of halogens is 2. The molecule has 0 aromatic heterocycles. The molecule has 0 radical (unpaired) electrons. The molecule has 4 aliphatic carbocycles. The van der Waals surface area contributed by atoms with Crippen molar-refractivity contribution < 1.29 is 23.8 Å². The monoisotopic (exact) mass is 488 g/mol. The molecule has 188 valence electrons. The van der Waals surface area contributed by atoms with Crippen molar-refractivity contribution in [1.82, 2.24) is 21.3 Å². The first-order chi connectivity index (χ1) is 15.7. The number of alkyl halides is 2. The van der Waals surface area contributed by atoms with Gasteiger partial charge in [0.05, 0.1) is 23.0 Å². The number of hydrogen-bond donors (Lipinski definition) is 5. The number of piperazine rings is 1. The van der Waals surface area contributed by atoms with Gasteiger partial charge < -0.3 is 31.1 Å². The highest BCUT2D eigenvalue weighted by atomic mass is 35.5. The van der Waals surface area contributed by atoms with Crippen LogP contribution in [0.15, 0.2) is 0 Å². The van der Waals surface area contributed by atoms with Gasteiger partial charge in [-0.15, -0.1) is 11.6 Å². The van der Waals surface area contributed by atoms with Gasteiger partial charge >= 0.3 is 0 Å². The third-order valence-corrected chi connectivity index (χ3v) is 8.70. The minimum atomic E-state index is -1.10. The molecule has 5 aliphatic rings. The molecule has 5 fully saturated rings. The van der Waals surface area contributed by atoms with Crippen LogP contribution in [0.1, 0.15) is 58.3 Å². The highest BCUT2D eigenvalue weighted by Gasteiger charge is 2.58. The van der Waals surface area contributed by atoms with E-state index >= 15 is 0 Å². The Hall–Kier alpha value is -1.00. The molecule has 33 heavy (non-hydrogen) atoms. The van der Waals surface area contributed by atoms with Crippen molar-refractivity contribution >= 4 is 23.4 Å². The maximum absolute atomic E-state index is 13.8. The molecule has 0 spiro atoms. The number of amides is 2. The van der Waals surface area contributed by atoms with Gasteiger partial charge in [-0.2, -0.15) is 0 Å². The first kappa shape index (κ1) is 25.1. The van der Waals surface area contributed by atoms with Crippen molar-refractivity contribution in [1.29, 1.82) is 0 Å². The summed E-state index contributed by atoms with van der Waals surface area (Å²) in [6, 6.07) is 0.598. The lowest BCUT2D eigenvalue weighted by Gasteiger charge is -2.55. The molecular formula is C23H38ClFN4O4. The first-order valence-corrected chi connectivity index (χ1v) is 12.8. The molecular weight excluding hydrogens is 451 g/mol. The summed E-state index contributed by atoms with van der Waals surface area (Å²) in [5, 5.41) is 23.4. The lowest BCUT2D eigenvalue weighted by molar-refractivity contribution is -0.157. The van der Waals surface area contributed by atoms with Gasteiger partial charge in [0, 0.05) is 43.7 Å². The summed E-state index contributed by atoms with van der Waals surface area (Å²) in [6.07, 6.45) is 1.94. The molecule has 1 saturated heterocycles. The van der Waals surface area contributed by atoms with Gasteiger partial charge in [0.15, 0.2) is 0 Å². The Bertz CT molecular complexity index is 713. The largest absolute Gasteiger partial charge is 0.392 e. The molecule has 1 aliphatic heterocycles. The Morgan fingerprint density at radius 3 is 2.58 bits per heavy atom. The van der Waals surface area contributed by atoms with E-state index in [2.05, 4.69) is 28.2 Å². The van der Waals surface area contributed by atoms with Gasteiger partial charge in [-0.05, 0) is 51.9 Å². The third-order valence-electron chi connectivity index (χ3n) is 8.21. The number of aliphatic hydroxyl groups excluding tert-OH is 1. The van der Waals surface area contributed by atoms with E-state index in [1.54, 1.807) is 0 Å². The number of ether oxygens (including phenoxy) is 1. The summed E-state index contributed by atoms with van der Waals surface area (Å²) in [5.74, 6) is -0.344. The standard InChI is InChI=1S/C23H38ClFN4O4/c1-14-10-27-15(11-26-14)12-28-21(32)23-6-4-22(5-7-23,9-19(23)30)29-20(31)13-33-16-2-3-17(24)18(25)8-16/h14-19,26-27,30H,2-13H2,1H3,(H,28,32)(H,29,31). The van der Waals surface area contributed by atoms with E-state index < -0.39 is 28.6 Å².